The van der Waals surface area contributed by atoms with Crippen molar-refractivity contribution in [3.8, 4) is 11.6 Å². The van der Waals surface area contributed by atoms with Gasteiger partial charge in [0.25, 0.3) is 0 Å². The molecular formula is C10H9N3O3. The lowest BCUT2D eigenvalue weighted by Gasteiger charge is -2.04. The summed E-state index contributed by atoms with van der Waals surface area (Å²) in [6, 6.07) is 6.22. The van der Waals surface area contributed by atoms with Crippen LogP contribution in [0.15, 0.2) is 30.5 Å². The smallest absolute Gasteiger partial charge is 0.335 e. The number of carbonyl (C=O) groups is 1. The van der Waals surface area contributed by atoms with Crippen LogP contribution < -0.4 is 4.74 Å². The zero-order valence-corrected chi connectivity index (χ0v) is 8.49. The molecule has 0 saturated heterocycles. The van der Waals surface area contributed by atoms with Crippen LogP contribution >= 0.6 is 0 Å². The van der Waals surface area contributed by atoms with E-state index < -0.39 is 5.97 Å². The van der Waals surface area contributed by atoms with E-state index in [1.54, 1.807) is 19.2 Å². The van der Waals surface area contributed by atoms with E-state index in [0.29, 0.717) is 11.6 Å². The van der Waals surface area contributed by atoms with Crippen molar-refractivity contribution in [2.24, 2.45) is 7.05 Å². The summed E-state index contributed by atoms with van der Waals surface area (Å²) in [6.07, 6.45) is 1.45. The second-order valence-corrected chi connectivity index (χ2v) is 3.13. The molecule has 0 aliphatic rings. The van der Waals surface area contributed by atoms with E-state index in [0.717, 1.165) is 0 Å². The minimum atomic E-state index is -0.992. The van der Waals surface area contributed by atoms with Gasteiger partial charge in [-0.3, -0.25) is 0 Å². The first kappa shape index (κ1) is 10.2. The quantitative estimate of drug-likeness (QED) is 0.841. The number of hydrogen-bond donors (Lipinski definition) is 1. The van der Waals surface area contributed by atoms with Crippen molar-refractivity contribution in [1.82, 2.24) is 15.0 Å². The molecule has 0 saturated carbocycles. The molecule has 1 aromatic heterocycles. The maximum absolute atomic E-state index is 10.7. The van der Waals surface area contributed by atoms with Crippen LogP contribution in [0.2, 0.25) is 0 Å². The molecule has 0 fully saturated rings. The molecule has 0 aliphatic carbocycles. The molecule has 2 rings (SSSR count). The first-order valence-electron chi connectivity index (χ1n) is 4.53. The second-order valence-electron chi connectivity index (χ2n) is 3.13. The number of aromatic carboxylic acids is 1. The molecule has 0 spiro atoms. The van der Waals surface area contributed by atoms with Gasteiger partial charge in [0.2, 0.25) is 5.88 Å². The first-order chi connectivity index (χ1) is 7.66. The normalized spacial score (nSPS) is 10.1. The van der Waals surface area contributed by atoms with E-state index in [4.69, 9.17) is 9.84 Å². The van der Waals surface area contributed by atoms with E-state index in [1.165, 1.54) is 23.0 Å². The van der Waals surface area contributed by atoms with Gasteiger partial charge >= 0.3 is 5.97 Å². The maximum atomic E-state index is 10.7. The Kier molecular flexibility index (Phi) is 2.55. The van der Waals surface area contributed by atoms with Crippen molar-refractivity contribution in [3.63, 3.8) is 0 Å². The Morgan fingerprint density at radius 1 is 1.50 bits per heavy atom. The molecule has 6 heteroatoms. The fourth-order valence-corrected chi connectivity index (χ4v) is 1.19. The highest BCUT2D eigenvalue weighted by atomic mass is 16.5. The van der Waals surface area contributed by atoms with Crippen molar-refractivity contribution < 1.29 is 14.6 Å². The SMILES string of the molecule is Cn1nncc1Oc1cccc(C(=O)O)c1. The van der Waals surface area contributed by atoms with E-state index in [-0.39, 0.29) is 5.56 Å². The van der Waals surface area contributed by atoms with Crippen LogP contribution in [0.4, 0.5) is 0 Å². The predicted molar refractivity (Wildman–Crippen MR) is 54.5 cm³/mol. The summed E-state index contributed by atoms with van der Waals surface area (Å²) in [5, 5.41) is 16.1. The molecule has 1 N–H and O–H groups in total. The number of aromatic nitrogens is 3. The Labute approximate surface area is 91.1 Å². The van der Waals surface area contributed by atoms with Crippen LogP contribution in [0.5, 0.6) is 11.6 Å². The number of benzene rings is 1. The van der Waals surface area contributed by atoms with Gasteiger partial charge in [-0.15, -0.1) is 5.10 Å². The van der Waals surface area contributed by atoms with Crippen molar-refractivity contribution in [2.75, 3.05) is 0 Å². The molecular weight excluding hydrogens is 210 g/mol. The van der Waals surface area contributed by atoms with E-state index >= 15 is 0 Å². The zero-order chi connectivity index (χ0) is 11.5. The number of aryl methyl sites for hydroxylation is 1. The maximum Gasteiger partial charge on any atom is 0.335 e. The van der Waals surface area contributed by atoms with Gasteiger partial charge in [-0.25, -0.2) is 9.48 Å². The summed E-state index contributed by atoms with van der Waals surface area (Å²) in [7, 11) is 1.68. The topological polar surface area (TPSA) is 77.2 Å². The van der Waals surface area contributed by atoms with Gasteiger partial charge in [-0.05, 0) is 18.2 Å². The van der Waals surface area contributed by atoms with Gasteiger partial charge in [-0.1, -0.05) is 11.3 Å². The van der Waals surface area contributed by atoms with Crippen molar-refractivity contribution in [1.29, 1.82) is 0 Å². The fraction of sp³-hybridized carbons (Fsp3) is 0.100. The van der Waals surface area contributed by atoms with Crippen LogP contribution in [0.3, 0.4) is 0 Å². The molecule has 0 aliphatic heterocycles. The fourth-order valence-electron chi connectivity index (χ4n) is 1.19. The van der Waals surface area contributed by atoms with Gasteiger partial charge in [-0.2, -0.15) is 0 Å². The van der Waals surface area contributed by atoms with Crippen LogP contribution in [-0.4, -0.2) is 26.1 Å². The van der Waals surface area contributed by atoms with E-state index in [2.05, 4.69) is 10.3 Å². The van der Waals surface area contributed by atoms with Crippen molar-refractivity contribution in [3.05, 3.63) is 36.0 Å². The van der Waals surface area contributed by atoms with Gasteiger partial charge in [0.1, 0.15) is 11.9 Å². The Hall–Kier alpha value is -2.37. The average Bonchev–Trinajstić information content (AvgIpc) is 2.65. The molecule has 1 aromatic carbocycles. The van der Waals surface area contributed by atoms with E-state index in [1.807, 2.05) is 0 Å². The zero-order valence-electron chi connectivity index (χ0n) is 8.49. The summed E-state index contributed by atoms with van der Waals surface area (Å²) < 4.78 is 6.87. The predicted octanol–water partition coefficient (Wildman–Crippen LogP) is 1.31. The molecule has 0 bridgehead atoms. The third-order valence-corrected chi connectivity index (χ3v) is 1.98. The number of rotatable bonds is 3. The van der Waals surface area contributed by atoms with Crippen LogP contribution in [-0.2, 0) is 7.05 Å². The minimum Gasteiger partial charge on any atom is -0.478 e. The first-order valence-corrected chi connectivity index (χ1v) is 4.53. The van der Waals surface area contributed by atoms with Crippen LogP contribution in [0, 0.1) is 0 Å². The molecule has 1 heterocycles. The Morgan fingerprint density at radius 2 is 2.31 bits per heavy atom. The Morgan fingerprint density at radius 3 is 2.94 bits per heavy atom. The van der Waals surface area contributed by atoms with Gasteiger partial charge in [0.15, 0.2) is 0 Å². The number of carboxylic acid groups (broad SMARTS) is 1. The summed E-state index contributed by atoms with van der Waals surface area (Å²) in [4.78, 5) is 10.7. The Balaban J connectivity index is 2.25. The third kappa shape index (κ3) is 2.00. The highest BCUT2D eigenvalue weighted by Gasteiger charge is 2.06. The molecule has 2 aromatic rings. The monoisotopic (exact) mass is 219 g/mol. The summed E-state index contributed by atoms with van der Waals surface area (Å²) in [6.45, 7) is 0. The second kappa shape index (κ2) is 4.01. The molecule has 0 radical (unpaired) electrons. The highest BCUT2D eigenvalue weighted by molar-refractivity contribution is 5.88. The molecule has 16 heavy (non-hydrogen) atoms. The summed E-state index contributed by atoms with van der Waals surface area (Å²) in [5.41, 5.74) is 0.174. The van der Waals surface area contributed by atoms with Crippen molar-refractivity contribution in [2.45, 2.75) is 0 Å². The number of carboxylic acids is 1. The third-order valence-electron chi connectivity index (χ3n) is 1.98. The number of hydrogen-bond acceptors (Lipinski definition) is 4. The van der Waals surface area contributed by atoms with Crippen LogP contribution in [0.25, 0.3) is 0 Å². The van der Waals surface area contributed by atoms with Crippen molar-refractivity contribution >= 4 is 5.97 Å². The van der Waals surface area contributed by atoms with Gasteiger partial charge in [0.05, 0.1) is 5.56 Å². The van der Waals surface area contributed by atoms with Crippen LogP contribution in [0.1, 0.15) is 10.4 Å². The number of ether oxygens (including phenoxy) is 1. The van der Waals surface area contributed by atoms with Gasteiger partial charge in [0, 0.05) is 7.05 Å². The van der Waals surface area contributed by atoms with Gasteiger partial charge < -0.3 is 9.84 Å². The number of nitrogens with zero attached hydrogens (tertiary/aromatic N) is 3. The molecule has 6 nitrogen and oxygen atoms in total. The molecule has 82 valence electrons. The molecule has 0 unspecified atom stereocenters. The highest BCUT2D eigenvalue weighted by Crippen LogP contribution is 2.20. The summed E-state index contributed by atoms with van der Waals surface area (Å²) in [5.74, 6) is -0.110. The lowest BCUT2D eigenvalue weighted by Crippen LogP contribution is -1.98. The lowest BCUT2D eigenvalue weighted by molar-refractivity contribution is 0.0696. The molecule has 0 atom stereocenters. The standard InChI is InChI=1S/C10H9N3O3/c1-13-9(6-11-12-13)16-8-4-2-3-7(5-8)10(14)15/h2-6H,1H3,(H,14,15). The molecule has 0 amide bonds. The Bertz CT molecular complexity index is 522. The summed E-state index contributed by atoms with van der Waals surface area (Å²) >= 11 is 0. The average molecular weight is 219 g/mol. The van der Waals surface area contributed by atoms with E-state index in [9.17, 15) is 4.79 Å². The largest absolute Gasteiger partial charge is 0.478 e. The lowest BCUT2D eigenvalue weighted by atomic mass is 10.2. The minimum absolute atomic E-state index is 0.174.